The number of aliphatic imine (C=N–C) groups is 1. The molecule has 1 atom stereocenters. The van der Waals surface area contributed by atoms with Crippen molar-refractivity contribution in [3.05, 3.63) is 0 Å². The Kier molecular flexibility index (Phi) is 5.67. The van der Waals surface area contributed by atoms with Crippen LogP contribution in [0.2, 0.25) is 0 Å². The van der Waals surface area contributed by atoms with E-state index in [1.165, 1.54) is 6.42 Å². The third-order valence-electron chi connectivity index (χ3n) is 3.16. The SMILES string of the molecule is COCC(C)NC(=NCC1(OC)CCC1)NN. The first-order valence-corrected chi connectivity index (χ1v) is 5.97. The van der Waals surface area contributed by atoms with Gasteiger partial charge in [-0.3, -0.25) is 5.43 Å². The predicted octanol–water partition coefficient (Wildman–Crippen LogP) is -0.000700. The molecule has 4 N–H and O–H groups in total. The van der Waals surface area contributed by atoms with Crippen LogP contribution in [0.5, 0.6) is 0 Å². The zero-order chi connectivity index (χ0) is 12.7. The molecule has 0 amide bonds. The third kappa shape index (κ3) is 4.14. The summed E-state index contributed by atoms with van der Waals surface area (Å²) >= 11 is 0. The highest BCUT2D eigenvalue weighted by Gasteiger charge is 2.36. The minimum atomic E-state index is -0.0751. The van der Waals surface area contributed by atoms with Crippen LogP contribution in [0.15, 0.2) is 4.99 Å². The number of nitrogens with one attached hydrogen (secondary N) is 2. The van der Waals surface area contributed by atoms with E-state index < -0.39 is 0 Å². The van der Waals surface area contributed by atoms with E-state index in [-0.39, 0.29) is 11.6 Å². The van der Waals surface area contributed by atoms with Crippen LogP contribution in [0.25, 0.3) is 0 Å². The molecule has 0 radical (unpaired) electrons. The minimum Gasteiger partial charge on any atom is -0.383 e. The van der Waals surface area contributed by atoms with Crippen LogP contribution in [-0.2, 0) is 9.47 Å². The van der Waals surface area contributed by atoms with Gasteiger partial charge in [-0.2, -0.15) is 0 Å². The number of hydrogen-bond acceptors (Lipinski definition) is 4. The second-order valence-corrected chi connectivity index (χ2v) is 4.55. The summed E-state index contributed by atoms with van der Waals surface area (Å²) in [5.74, 6) is 6.00. The lowest BCUT2D eigenvalue weighted by Crippen LogP contribution is -2.49. The van der Waals surface area contributed by atoms with Gasteiger partial charge in [0.2, 0.25) is 5.96 Å². The quantitative estimate of drug-likeness (QED) is 0.265. The number of nitrogens with two attached hydrogens (primary N) is 1. The van der Waals surface area contributed by atoms with E-state index in [4.69, 9.17) is 15.3 Å². The van der Waals surface area contributed by atoms with Gasteiger partial charge in [-0.15, -0.1) is 0 Å². The van der Waals surface area contributed by atoms with Crippen LogP contribution in [0.3, 0.4) is 0 Å². The van der Waals surface area contributed by atoms with Crippen molar-refractivity contribution in [2.24, 2.45) is 10.8 Å². The molecule has 0 bridgehead atoms. The van der Waals surface area contributed by atoms with Crippen molar-refractivity contribution in [1.82, 2.24) is 10.7 Å². The smallest absolute Gasteiger partial charge is 0.206 e. The maximum atomic E-state index is 5.49. The number of hydrazine groups is 1. The lowest BCUT2D eigenvalue weighted by Gasteiger charge is -2.39. The van der Waals surface area contributed by atoms with Crippen molar-refractivity contribution in [2.75, 3.05) is 27.4 Å². The summed E-state index contributed by atoms with van der Waals surface area (Å²) in [5, 5.41) is 3.15. The van der Waals surface area contributed by atoms with Crippen molar-refractivity contribution in [3.8, 4) is 0 Å². The molecule has 0 aromatic carbocycles. The number of methoxy groups -OCH3 is 2. The normalized spacial score (nSPS) is 20.6. The van der Waals surface area contributed by atoms with Crippen molar-refractivity contribution in [2.45, 2.75) is 37.8 Å². The van der Waals surface area contributed by atoms with Gasteiger partial charge in [0.25, 0.3) is 0 Å². The van der Waals surface area contributed by atoms with Gasteiger partial charge >= 0.3 is 0 Å². The topological polar surface area (TPSA) is 80.9 Å². The standard InChI is InChI=1S/C11H24N4O2/c1-9(7-16-2)14-10(15-12)13-8-11(17-3)5-4-6-11/h9H,4-8,12H2,1-3H3,(H2,13,14,15). The largest absolute Gasteiger partial charge is 0.383 e. The zero-order valence-electron chi connectivity index (χ0n) is 11.0. The molecular formula is C11H24N4O2. The first-order chi connectivity index (χ1) is 8.15. The maximum Gasteiger partial charge on any atom is 0.206 e. The molecule has 6 nitrogen and oxygen atoms in total. The van der Waals surface area contributed by atoms with Crippen LogP contribution < -0.4 is 16.6 Å². The summed E-state index contributed by atoms with van der Waals surface area (Å²) in [6, 6.07) is 0.162. The molecule has 1 unspecified atom stereocenters. The van der Waals surface area contributed by atoms with Crippen molar-refractivity contribution >= 4 is 5.96 Å². The van der Waals surface area contributed by atoms with Crippen molar-refractivity contribution < 1.29 is 9.47 Å². The lowest BCUT2D eigenvalue weighted by atomic mass is 9.80. The molecular weight excluding hydrogens is 220 g/mol. The zero-order valence-corrected chi connectivity index (χ0v) is 11.0. The van der Waals surface area contributed by atoms with E-state index in [0.717, 1.165) is 12.8 Å². The average Bonchev–Trinajstić information content (AvgIpc) is 2.27. The van der Waals surface area contributed by atoms with Crippen molar-refractivity contribution in [3.63, 3.8) is 0 Å². The van der Waals surface area contributed by atoms with Crippen LogP contribution in [-0.4, -0.2) is 45.0 Å². The minimum absolute atomic E-state index is 0.0751. The Morgan fingerprint density at radius 1 is 1.47 bits per heavy atom. The summed E-state index contributed by atoms with van der Waals surface area (Å²) in [5.41, 5.74) is 2.49. The number of nitrogens with zero attached hydrogens (tertiary/aromatic N) is 1. The molecule has 1 aliphatic carbocycles. The molecule has 6 heteroatoms. The molecule has 0 saturated heterocycles. The van der Waals surface area contributed by atoms with Gasteiger partial charge in [0, 0.05) is 20.3 Å². The Hall–Kier alpha value is -0.850. The summed E-state index contributed by atoms with van der Waals surface area (Å²) in [7, 11) is 3.41. The van der Waals surface area contributed by atoms with Gasteiger partial charge in [0.1, 0.15) is 0 Å². The summed E-state index contributed by atoms with van der Waals surface area (Å²) in [4.78, 5) is 4.42. The van der Waals surface area contributed by atoms with E-state index in [1.54, 1.807) is 14.2 Å². The highest BCUT2D eigenvalue weighted by atomic mass is 16.5. The van der Waals surface area contributed by atoms with Gasteiger partial charge in [-0.1, -0.05) is 0 Å². The second kappa shape index (κ2) is 6.78. The van der Waals surface area contributed by atoms with E-state index in [1.807, 2.05) is 6.92 Å². The Morgan fingerprint density at radius 2 is 2.18 bits per heavy atom. The molecule has 0 spiro atoms. The average molecular weight is 244 g/mol. The molecule has 1 fully saturated rings. The van der Waals surface area contributed by atoms with E-state index >= 15 is 0 Å². The first kappa shape index (κ1) is 14.2. The maximum absolute atomic E-state index is 5.49. The number of ether oxygens (including phenoxy) is 2. The molecule has 0 aromatic rings. The Bertz CT molecular complexity index is 248. The van der Waals surface area contributed by atoms with E-state index in [0.29, 0.717) is 19.1 Å². The summed E-state index contributed by atoms with van der Waals surface area (Å²) in [6.45, 7) is 3.25. The summed E-state index contributed by atoms with van der Waals surface area (Å²) in [6.07, 6.45) is 3.35. The molecule has 0 aromatic heterocycles. The predicted molar refractivity (Wildman–Crippen MR) is 67.7 cm³/mol. The fourth-order valence-corrected chi connectivity index (χ4v) is 1.88. The molecule has 17 heavy (non-hydrogen) atoms. The summed E-state index contributed by atoms with van der Waals surface area (Å²) < 4.78 is 10.5. The van der Waals surface area contributed by atoms with Gasteiger partial charge in [0.05, 0.1) is 18.8 Å². The monoisotopic (exact) mass is 244 g/mol. The Morgan fingerprint density at radius 3 is 2.59 bits per heavy atom. The number of hydrogen-bond donors (Lipinski definition) is 3. The molecule has 1 saturated carbocycles. The van der Waals surface area contributed by atoms with Gasteiger partial charge in [0.15, 0.2) is 0 Å². The second-order valence-electron chi connectivity index (χ2n) is 4.55. The highest BCUT2D eigenvalue weighted by molar-refractivity contribution is 5.79. The van der Waals surface area contributed by atoms with Crippen LogP contribution in [0.1, 0.15) is 26.2 Å². The molecule has 100 valence electrons. The van der Waals surface area contributed by atoms with Crippen LogP contribution in [0.4, 0.5) is 0 Å². The lowest BCUT2D eigenvalue weighted by molar-refractivity contribution is -0.0630. The fraction of sp³-hybridized carbons (Fsp3) is 0.909. The number of rotatable bonds is 6. The Labute approximate surface area is 103 Å². The van der Waals surface area contributed by atoms with Crippen LogP contribution in [0, 0.1) is 0 Å². The van der Waals surface area contributed by atoms with Gasteiger partial charge in [-0.25, -0.2) is 10.8 Å². The fourth-order valence-electron chi connectivity index (χ4n) is 1.88. The third-order valence-corrected chi connectivity index (χ3v) is 3.16. The highest BCUT2D eigenvalue weighted by Crippen LogP contribution is 2.35. The van der Waals surface area contributed by atoms with Crippen molar-refractivity contribution in [1.29, 1.82) is 0 Å². The van der Waals surface area contributed by atoms with E-state index in [2.05, 4.69) is 15.7 Å². The van der Waals surface area contributed by atoms with Gasteiger partial charge in [-0.05, 0) is 26.2 Å². The van der Waals surface area contributed by atoms with E-state index in [9.17, 15) is 0 Å². The molecule has 0 aliphatic heterocycles. The molecule has 1 aliphatic rings. The van der Waals surface area contributed by atoms with Gasteiger partial charge < -0.3 is 14.8 Å². The first-order valence-electron chi connectivity index (χ1n) is 5.97. The Balaban J connectivity index is 2.43. The number of guanidine groups is 1. The molecule has 0 heterocycles. The molecule has 1 rings (SSSR count). The van der Waals surface area contributed by atoms with Crippen LogP contribution >= 0.6 is 0 Å².